The van der Waals surface area contributed by atoms with Gasteiger partial charge in [-0.3, -0.25) is 9.48 Å². The minimum Gasteiger partial charge on any atom is -0.334 e. The molecule has 1 fully saturated rings. The highest BCUT2D eigenvalue weighted by Gasteiger charge is 2.31. The van der Waals surface area contributed by atoms with Crippen molar-refractivity contribution in [1.29, 1.82) is 0 Å². The van der Waals surface area contributed by atoms with E-state index in [2.05, 4.69) is 25.9 Å². The van der Waals surface area contributed by atoms with E-state index in [0.29, 0.717) is 18.4 Å². The smallest absolute Gasteiger partial charge is 0.264 e. The first-order valence-corrected chi connectivity index (χ1v) is 9.21. The van der Waals surface area contributed by atoms with Crippen molar-refractivity contribution >= 4 is 27.5 Å². The molecule has 2 aromatic heterocycles. The van der Waals surface area contributed by atoms with Crippen molar-refractivity contribution in [3.8, 4) is 0 Å². The van der Waals surface area contributed by atoms with Crippen molar-refractivity contribution in [2.75, 3.05) is 13.1 Å². The summed E-state index contributed by atoms with van der Waals surface area (Å²) in [4.78, 5) is 16.9. The van der Waals surface area contributed by atoms with E-state index in [1.54, 1.807) is 11.3 Å². The predicted octanol–water partition coefficient (Wildman–Crippen LogP) is 2.96. The third-order valence-electron chi connectivity index (χ3n) is 4.81. The van der Waals surface area contributed by atoms with Gasteiger partial charge >= 0.3 is 0 Å². The molecule has 0 radical (unpaired) electrons. The molecule has 2 N–H and O–H groups in total. The second-order valence-electron chi connectivity index (χ2n) is 7.01. The van der Waals surface area contributed by atoms with E-state index in [1.165, 1.54) is 0 Å². The fraction of sp³-hybridized carbons (Fsp3) is 0.647. The average molecular weight is 334 g/mol. The number of aryl methyl sites for hydroxylation is 1. The third-order valence-corrected chi connectivity index (χ3v) is 6.00. The number of piperidine rings is 1. The Bertz CT molecular complexity index is 718. The van der Waals surface area contributed by atoms with Gasteiger partial charge in [-0.25, -0.2) is 0 Å². The summed E-state index contributed by atoms with van der Waals surface area (Å²) in [7, 11) is 1.95. The normalized spacial score (nSPS) is 22.3. The van der Waals surface area contributed by atoms with Gasteiger partial charge in [0.15, 0.2) is 0 Å². The Hall–Kier alpha value is -1.40. The Morgan fingerprint density at radius 3 is 2.91 bits per heavy atom. The van der Waals surface area contributed by atoms with Crippen LogP contribution in [0.5, 0.6) is 0 Å². The number of carbonyl (C=O) groups excluding carboxylic acids is 1. The van der Waals surface area contributed by atoms with Crippen molar-refractivity contribution in [1.82, 2.24) is 14.7 Å². The molecule has 5 nitrogen and oxygen atoms in total. The fourth-order valence-corrected chi connectivity index (χ4v) is 4.52. The van der Waals surface area contributed by atoms with Gasteiger partial charge < -0.3 is 10.6 Å². The largest absolute Gasteiger partial charge is 0.334 e. The molecule has 23 heavy (non-hydrogen) atoms. The summed E-state index contributed by atoms with van der Waals surface area (Å²) in [6.45, 7) is 7.87. The van der Waals surface area contributed by atoms with Gasteiger partial charge in [-0.05, 0) is 30.7 Å². The van der Waals surface area contributed by atoms with E-state index in [4.69, 9.17) is 5.73 Å². The lowest BCUT2D eigenvalue weighted by atomic mass is 9.92. The van der Waals surface area contributed by atoms with E-state index in [0.717, 1.165) is 40.2 Å². The van der Waals surface area contributed by atoms with E-state index < -0.39 is 0 Å². The third kappa shape index (κ3) is 2.90. The SMILES string of the molecule is CC1CCN(C(=O)c2cc3c(C(C)C)nn(C)c3s2)C(CN)C1. The minimum absolute atomic E-state index is 0.128. The molecule has 0 aromatic carbocycles. The standard InChI is InChI=1S/C17H26N4OS/c1-10(2)15-13-8-14(23-17(13)20(4)19-15)16(22)21-6-5-11(3)7-12(21)9-18/h8,10-12H,5-7,9,18H2,1-4H3. The van der Waals surface area contributed by atoms with Gasteiger partial charge in [-0.1, -0.05) is 20.8 Å². The molecule has 3 heterocycles. The monoisotopic (exact) mass is 334 g/mol. The van der Waals surface area contributed by atoms with Crippen LogP contribution in [0, 0.1) is 5.92 Å². The highest BCUT2D eigenvalue weighted by atomic mass is 32.1. The van der Waals surface area contributed by atoms with Crippen LogP contribution in [0.1, 0.15) is 54.9 Å². The van der Waals surface area contributed by atoms with Crippen LogP contribution >= 0.6 is 11.3 Å². The van der Waals surface area contributed by atoms with E-state index in [9.17, 15) is 4.79 Å². The molecule has 126 valence electrons. The van der Waals surface area contributed by atoms with Crippen LogP contribution < -0.4 is 5.73 Å². The van der Waals surface area contributed by atoms with Crippen LogP contribution in [0.3, 0.4) is 0 Å². The fourth-order valence-electron chi connectivity index (χ4n) is 3.48. The maximum Gasteiger partial charge on any atom is 0.264 e. The topological polar surface area (TPSA) is 64.2 Å². The first kappa shape index (κ1) is 16.5. The maximum absolute atomic E-state index is 13.0. The lowest BCUT2D eigenvalue weighted by Gasteiger charge is -2.37. The Morgan fingerprint density at radius 1 is 1.52 bits per heavy atom. The van der Waals surface area contributed by atoms with Crippen molar-refractivity contribution in [3.05, 3.63) is 16.6 Å². The molecule has 0 saturated carbocycles. The van der Waals surface area contributed by atoms with E-state index in [1.807, 2.05) is 22.7 Å². The molecule has 1 amide bonds. The summed E-state index contributed by atoms with van der Waals surface area (Å²) in [5.41, 5.74) is 6.98. The van der Waals surface area contributed by atoms with Crippen LogP contribution in [0.15, 0.2) is 6.07 Å². The molecular formula is C17H26N4OS. The number of thiophene rings is 1. The van der Waals surface area contributed by atoms with Crippen LogP contribution in [-0.2, 0) is 7.05 Å². The number of amides is 1. The van der Waals surface area contributed by atoms with E-state index >= 15 is 0 Å². The van der Waals surface area contributed by atoms with Gasteiger partial charge in [0.25, 0.3) is 5.91 Å². The first-order chi connectivity index (χ1) is 10.9. The van der Waals surface area contributed by atoms with Crippen molar-refractivity contribution < 1.29 is 4.79 Å². The zero-order valence-electron chi connectivity index (χ0n) is 14.4. The second kappa shape index (κ2) is 6.24. The Labute approximate surface area is 141 Å². The van der Waals surface area contributed by atoms with Crippen molar-refractivity contribution in [2.45, 2.75) is 45.6 Å². The second-order valence-corrected chi connectivity index (χ2v) is 8.04. The quantitative estimate of drug-likeness (QED) is 0.938. The number of nitrogens with two attached hydrogens (primary N) is 1. The summed E-state index contributed by atoms with van der Waals surface area (Å²) >= 11 is 1.55. The highest BCUT2D eigenvalue weighted by molar-refractivity contribution is 7.20. The van der Waals surface area contributed by atoms with Gasteiger partial charge in [0.2, 0.25) is 0 Å². The number of carbonyl (C=O) groups is 1. The number of hydrogen-bond acceptors (Lipinski definition) is 4. The zero-order chi connectivity index (χ0) is 16.7. The molecule has 2 unspecified atom stereocenters. The molecule has 6 heteroatoms. The lowest BCUT2D eigenvalue weighted by molar-refractivity contribution is 0.0578. The number of nitrogens with zero attached hydrogens (tertiary/aromatic N) is 3. The Kier molecular flexibility index (Phi) is 4.47. The Morgan fingerprint density at radius 2 is 2.26 bits per heavy atom. The number of hydrogen-bond donors (Lipinski definition) is 1. The summed E-state index contributed by atoms with van der Waals surface area (Å²) in [5.74, 6) is 1.12. The zero-order valence-corrected chi connectivity index (χ0v) is 15.2. The molecule has 0 bridgehead atoms. The van der Waals surface area contributed by atoms with Crippen LogP contribution in [-0.4, -0.2) is 39.7 Å². The van der Waals surface area contributed by atoms with Crippen molar-refractivity contribution in [2.24, 2.45) is 18.7 Å². The highest BCUT2D eigenvalue weighted by Crippen LogP contribution is 2.33. The molecule has 1 saturated heterocycles. The molecule has 1 aliphatic rings. The molecule has 0 aliphatic carbocycles. The average Bonchev–Trinajstić information content (AvgIpc) is 3.07. The molecule has 0 spiro atoms. The molecule has 2 atom stereocenters. The van der Waals surface area contributed by atoms with Crippen LogP contribution in [0.25, 0.3) is 10.2 Å². The van der Waals surface area contributed by atoms with Crippen LogP contribution in [0.2, 0.25) is 0 Å². The predicted molar refractivity (Wildman–Crippen MR) is 95.0 cm³/mol. The number of fused-ring (bicyclic) bond motifs is 1. The maximum atomic E-state index is 13.0. The first-order valence-electron chi connectivity index (χ1n) is 8.39. The minimum atomic E-state index is 0.128. The molecule has 3 rings (SSSR count). The lowest BCUT2D eigenvalue weighted by Crippen LogP contribution is -2.49. The molecule has 1 aliphatic heterocycles. The van der Waals surface area contributed by atoms with Crippen molar-refractivity contribution in [3.63, 3.8) is 0 Å². The Balaban J connectivity index is 1.93. The summed E-state index contributed by atoms with van der Waals surface area (Å²) in [6.07, 6.45) is 2.07. The van der Waals surface area contributed by atoms with Gasteiger partial charge in [-0.2, -0.15) is 5.10 Å². The van der Waals surface area contributed by atoms with Gasteiger partial charge in [0.05, 0.1) is 10.6 Å². The van der Waals surface area contributed by atoms with Gasteiger partial charge in [0, 0.05) is 31.6 Å². The summed E-state index contributed by atoms with van der Waals surface area (Å²) in [5, 5.41) is 5.70. The molecule has 2 aromatic rings. The van der Waals surface area contributed by atoms with Gasteiger partial charge in [-0.15, -0.1) is 11.3 Å². The van der Waals surface area contributed by atoms with Gasteiger partial charge in [0.1, 0.15) is 4.83 Å². The number of rotatable bonds is 3. The summed E-state index contributed by atoms with van der Waals surface area (Å²) in [6, 6.07) is 2.19. The summed E-state index contributed by atoms with van der Waals surface area (Å²) < 4.78 is 1.89. The van der Waals surface area contributed by atoms with Crippen LogP contribution in [0.4, 0.5) is 0 Å². The number of likely N-dealkylation sites (tertiary alicyclic amines) is 1. The van der Waals surface area contributed by atoms with E-state index in [-0.39, 0.29) is 11.9 Å². The number of aromatic nitrogens is 2. The molecular weight excluding hydrogens is 308 g/mol.